The quantitative estimate of drug-likeness (QED) is 0.684. The van der Waals surface area contributed by atoms with E-state index < -0.39 is 11.7 Å². The van der Waals surface area contributed by atoms with Crippen LogP contribution < -0.4 is 5.73 Å². The van der Waals surface area contributed by atoms with Gasteiger partial charge < -0.3 is 15.2 Å². The number of hydrogen-bond donors (Lipinski definition) is 1. The minimum absolute atomic E-state index is 0.374. The molecule has 4 nitrogen and oxygen atoms in total. The lowest BCUT2D eigenvalue weighted by molar-refractivity contribution is -0.0117. The highest BCUT2D eigenvalue weighted by atomic mass is 16.6. The van der Waals surface area contributed by atoms with Crippen LogP contribution in [0, 0.1) is 5.92 Å². The van der Waals surface area contributed by atoms with Crippen LogP contribution in [-0.2, 0) is 9.47 Å². The summed E-state index contributed by atoms with van der Waals surface area (Å²) in [5.41, 5.74) is 4.58. The number of carbonyl (C=O) groups excluding carboxylic acids is 1. The highest BCUT2D eigenvalue weighted by Gasteiger charge is 2.48. The van der Waals surface area contributed by atoms with Gasteiger partial charge in [-0.25, -0.2) is 4.79 Å². The number of epoxide rings is 1. The van der Waals surface area contributed by atoms with Gasteiger partial charge in [0, 0.05) is 5.92 Å². The van der Waals surface area contributed by atoms with Crippen molar-refractivity contribution in [1.29, 1.82) is 0 Å². The van der Waals surface area contributed by atoms with E-state index in [9.17, 15) is 4.79 Å². The number of amides is 1. The first-order valence-electron chi connectivity index (χ1n) is 5.13. The molecule has 1 heterocycles. The fourth-order valence-corrected chi connectivity index (χ4v) is 2.38. The molecular weight excluding hydrogens is 182 g/mol. The molecule has 0 aromatic heterocycles. The molecule has 0 spiro atoms. The van der Waals surface area contributed by atoms with Gasteiger partial charge in [-0.2, -0.15) is 0 Å². The van der Waals surface area contributed by atoms with Gasteiger partial charge in [0.2, 0.25) is 0 Å². The van der Waals surface area contributed by atoms with Crippen molar-refractivity contribution >= 4 is 6.09 Å². The lowest BCUT2D eigenvalue weighted by Gasteiger charge is -2.34. The lowest BCUT2D eigenvalue weighted by Crippen LogP contribution is -2.40. The van der Waals surface area contributed by atoms with E-state index in [0.717, 1.165) is 19.3 Å². The summed E-state index contributed by atoms with van der Waals surface area (Å²) in [4.78, 5) is 10.7. The van der Waals surface area contributed by atoms with E-state index in [0.29, 0.717) is 18.1 Å². The topological polar surface area (TPSA) is 64.8 Å². The molecule has 1 amide bonds. The Bertz CT molecular complexity index is 252. The standard InChI is InChI=1S/C10H17NO3/c1-10(2,14-9(11)12)6-3-4-7-8(5-6)13-7/h6-8H,3-5H2,1-2H3,(H2,11,12). The molecule has 0 aromatic carbocycles. The van der Waals surface area contributed by atoms with Crippen LogP contribution in [0.15, 0.2) is 0 Å². The molecule has 2 N–H and O–H groups in total. The second kappa shape index (κ2) is 3.12. The summed E-state index contributed by atoms with van der Waals surface area (Å²) >= 11 is 0. The molecular formula is C10H17NO3. The van der Waals surface area contributed by atoms with Crippen LogP contribution in [0.4, 0.5) is 4.79 Å². The van der Waals surface area contributed by atoms with Gasteiger partial charge in [0.05, 0.1) is 12.2 Å². The predicted octanol–water partition coefficient (Wildman–Crippen LogP) is 1.43. The molecule has 1 saturated carbocycles. The van der Waals surface area contributed by atoms with Crippen LogP contribution in [0.2, 0.25) is 0 Å². The third kappa shape index (κ3) is 1.85. The maximum absolute atomic E-state index is 10.7. The first-order chi connectivity index (χ1) is 6.49. The van der Waals surface area contributed by atoms with Crippen LogP contribution in [0.25, 0.3) is 0 Å². The van der Waals surface area contributed by atoms with Crippen molar-refractivity contribution in [2.24, 2.45) is 11.7 Å². The van der Waals surface area contributed by atoms with Gasteiger partial charge in [-0.05, 0) is 33.1 Å². The third-order valence-electron chi connectivity index (χ3n) is 3.35. The van der Waals surface area contributed by atoms with Gasteiger partial charge in [0.25, 0.3) is 0 Å². The van der Waals surface area contributed by atoms with E-state index in [-0.39, 0.29) is 0 Å². The van der Waals surface area contributed by atoms with Crippen LogP contribution in [0.5, 0.6) is 0 Å². The summed E-state index contributed by atoms with van der Waals surface area (Å²) in [6, 6.07) is 0. The van der Waals surface area contributed by atoms with Crippen LogP contribution >= 0.6 is 0 Å². The number of fused-ring (bicyclic) bond motifs is 1. The SMILES string of the molecule is CC(C)(OC(N)=O)C1CCC2OC2C1. The molecule has 1 saturated heterocycles. The van der Waals surface area contributed by atoms with E-state index in [1.54, 1.807) is 0 Å². The predicted molar refractivity (Wildman–Crippen MR) is 50.7 cm³/mol. The normalized spacial score (nSPS) is 36.0. The van der Waals surface area contributed by atoms with E-state index in [1.165, 1.54) is 0 Å². The van der Waals surface area contributed by atoms with Gasteiger partial charge in [-0.15, -0.1) is 0 Å². The molecule has 0 aromatic rings. The third-order valence-corrected chi connectivity index (χ3v) is 3.35. The molecule has 0 radical (unpaired) electrons. The summed E-state index contributed by atoms with van der Waals surface area (Å²) in [6.45, 7) is 3.84. The molecule has 4 heteroatoms. The Kier molecular flexibility index (Phi) is 2.18. The first-order valence-corrected chi connectivity index (χ1v) is 5.13. The average Bonchev–Trinajstić information content (AvgIpc) is 2.77. The zero-order valence-corrected chi connectivity index (χ0v) is 8.66. The van der Waals surface area contributed by atoms with Crippen molar-refractivity contribution in [2.45, 2.75) is 50.9 Å². The molecule has 80 valence electrons. The maximum Gasteiger partial charge on any atom is 0.405 e. The summed E-state index contributed by atoms with van der Waals surface area (Å²) in [5, 5.41) is 0. The summed E-state index contributed by atoms with van der Waals surface area (Å²) in [5.74, 6) is 0.374. The number of carbonyl (C=O) groups is 1. The summed E-state index contributed by atoms with van der Waals surface area (Å²) in [7, 11) is 0. The second-order valence-electron chi connectivity index (χ2n) is 4.75. The summed E-state index contributed by atoms with van der Waals surface area (Å²) in [6.07, 6.45) is 3.33. The Morgan fingerprint density at radius 3 is 2.71 bits per heavy atom. The van der Waals surface area contributed by atoms with Crippen LogP contribution in [0.3, 0.4) is 0 Å². The fraction of sp³-hybridized carbons (Fsp3) is 0.900. The van der Waals surface area contributed by atoms with Crippen molar-refractivity contribution in [1.82, 2.24) is 0 Å². The number of ether oxygens (including phenoxy) is 2. The molecule has 14 heavy (non-hydrogen) atoms. The molecule has 0 bridgehead atoms. The monoisotopic (exact) mass is 199 g/mol. The van der Waals surface area contributed by atoms with Gasteiger partial charge in [0.1, 0.15) is 5.60 Å². The number of primary amides is 1. The molecule has 1 aliphatic carbocycles. The number of rotatable bonds is 2. The highest BCUT2D eigenvalue weighted by molar-refractivity contribution is 5.65. The minimum atomic E-state index is -0.686. The van der Waals surface area contributed by atoms with Crippen molar-refractivity contribution in [3.63, 3.8) is 0 Å². The van der Waals surface area contributed by atoms with E-state index in [4.69, 9.17) is 15.2 Å². The number of nitrogens with two attached hydrogens (primary N) is 1. The van der Waals surface area contributed by atoms with Gasteiger partial charge in [-0.1, -0.05) is 0 Å². The molecule has 2 aliphatic rings. The maximum atomic E-state index is 10.7. The second-order valence-corrected chi connectivity index (χ2v) is 4.75. The summed E-state index contributed by atoms with van der Waals surface area (Å²) < 4.78 is 10.6. The Hall–Kier alpha value is -0.770. The van der Waals surface area contributed by atoms with Crippen LogP contribution in [0.1, 0.15) is 33.1 Å². The Morgan fingerprint density at radius 2 is 2.14 bits per heavy atom. The Labute approximate surface area is 83.7 Å². The average molecular weight is 199 g/mol. The first kappa shape index (κ1) is 9.77. The lowest BCUT2D eigenvalue weighted by atomic mass is 9.79. The van der Waals surface area contributed by atoms with E-state index in [1.807, 2.05) is 13.8 Å². The zero-order valence-electron chi connectivity index (χ0n) is 8.66. The van der Waals surface area contributed by atoms with E-state index in [2.05, 4.69) is 0 Å². The van der Waals surface area contributed by atoms with Crippen molar-refractivity contribution in [2.75, 3.05) is 0 Å². The van der Waals surface area contributed by atoms with Gasteiger partial charge >= 0.3 is 6.09 Å². The largest absolute Gasteiger partial charge is 0.443 e. The van der Waals surface area contributed by atoms with Crippen molar-refractivity contribution in [3.8, 4) is 0 Å². The molecule has 2 rings (SSSR count). The fourth-order valence-electron chi connectivity index (χ4n) is 2.38. The number of hydrogen-bond acceptors (Lipinski definition) is 3. The van der Waals surface area contributed by atoms with Crippen LogP contribution in [-0.4, -0.2) is 23.9 Å². The van der Waals surface area contributed by atoms with Crippen molar-refractivity contribution < 1.29 is 14.3 Å². The molecule has 3 unspecified atom stereocenters. The van der Waals surface area contributed by atoms with Gasteiger partial charge in [0.15, 0.2) is 0 Å². The van der Waals surface area contributed by atoms with E-state index >= 15 is 0 Å². The molecule has 3 atom stereocenters. The Morgan fingerprint density at radius 1 is 1.43 bits per heavy atom. The molecule has 2 fully saturated rings. The Balaban J connectivity index is 1.94. The highest BCUT2D eigenvalue weighted by Crippen LogP contribution is 2.44. The zero-order chi connectivity index (χ0) is 10.3. The van der Waals surface area contributed by atoms with Crippen molar-refractivity contribution in [3.05, 3.63) is 0 Å². The van der Waals surface area contributed by atoms with Gasteiger partial charge in [-0.3, -0.25) is 0 Å². The smallest absolute Gasteiger partial charge is 0.405 e. The minimum Gasteiger partial charge on any atom is -0.443 e. The molecule has 1 aliphatic heterocycles.